The van der Waals surface area contributed by atoms with Crippen LogP contribution in [0.4, 0.5) is 0 Å². The number of sulfonamides is 1. The van der Waals surface area contributed by atoms with Gasteiger partial charge in [-0.2, -0.15) is 4.31 Å². The van der Waals surface area contributed by atoms with Crippen molar-refractivity contribution in [2.75, 3.05) is 32.7 Å². The van der Waals surface area contributed by atoms with Crippen LogP contribution in [0.1, 0.15) is 18.7 Å². The van der Waals surface area contributed by atoms with Crippen LogP contribution >= 0.6 is 11.3 Å². The number of β-amino-alcohol motifs (C(OH)–C–C–N with tert-alkyl or cyclic N) is 1. The highest BCUT2D eigenvalue weighted by molar-refractivity contribution is 7.91. The number of rotatable bonds is 4. The Bertz CT molecular complexity index is 552. The van der Waals surface area contributed by atoms with E-state index in [1.165, 1.54) is 11.3 Å². The molecule has 0 spiro atoms. The third-order valence-electron chi connectivity index (χ3n) is 3.25. The van der Waals surface area contributed by atoms with E-state index in [1.807, 2.05) is 13.0 Å². The summed E-state index contributed by atoms with van der Waals surface area (Å²) in [5.41, 5.74) is -0.744. The van der Waals surface area contributed by atoms with Crippen molar-refractivity contribution in [3.63, 3.8) is 0 Å². The van der Waals surface area contributed by atoms with Crippen molar-refractivity contribution in [2.45, 2.75) is 30.6 Å². The average molecular weight is 318 g/mol. The monoisotopic (exact) mass is 318 g/mol. The largest absolute Gasteiger partial charge is 0.389 e. The van der Waals surface area contributed by atoms with Crippen molar-refractivity contribution in [1.82, 2.24) is 9.21 Å². The summed E-state index contributed by atoms with van der Waals surface area (Å²) in [5.74, 6) is 0. The lowest BCUT2D eigenvalue weighted by Crippen LogP contribution is -2.51. The topological polar surface area (TPSA) is 60.9 Å². The number of aliphatic hydroxyl groups is 1. The first kappa shape index (κ1) is 15.9. The molecular weight excluding hydrogens is 296 g/mol. The van der Waals surface area contributed by atoms with Crippen molar-refractivity contribution < 1.29 is 13.5 Å². The van der Waals surface area contributed by atoms with Crippen LogP contribution in [-0.4, -0.2) is 61.1 Å². The van der Waals surface area contributed by atoms with Crippen LogP contribution in [-0.2, 0) is 10.0 Å². The van der Waals surface area contributed by atoms with Gasteiger partial charge in [0.05, 0.1) is 5.60 Å². The molecule has 1 saturated heterocycles. The maximum atomic E-state index is 12.5. The number of nitrogens with zero attached hydrogens (tertiary/aromatic N) is 2. The number of thiophene rings is 1. The summed E-state index contributed by atoms with van der Waals surface area (Å²) in [6.07, 6.45) is 0. The van der Waals surface area contributed by atoms with E-state index in [9.17, 15) is 13.5 Å². The van der Waals surface area contributed by atoms with Gasteiger partial charge in [0.2, 0.25) is 0 Å². The second kappa shape index (κ2) is 5.73. The van der Waals surface area contributed by atoms with E-state index in [-0.39, 0.29) is 0 Å². The van der Waals surface area contributed by atoms with Gasteiger partial charge in [-0.3, -0.25) is 4.90 Å². The summed E-state index contributed by atoms with van der Waals surface area (Å²) in [5, 5.41) is 9.80. The number of hydrogen-bond donors (Lipinski definition) is 1. The van der Waals surface area contributed by atoms with E-state index < -0.39 is 15.6 Å². The molecule has 0 aliphatic carbocycles. The van der Waals surface area contributed by atoms with E-state index in [4.69, 9.17) is 0 Å². The molecule has 0 radical (unpaired) electrons. The van der Waals surface area contributed by atoms with Crippen LogP contribution in [0.2, 0.25) is 0 Å². The Labute approximate surface area is 124 Å². The predicted molar refractivity (Wildman–Crippen MR) is 80.6 cm³/mol. The van der Waals surface area contributed by atoms with E-state index in [0.29, 0.717) is 36.9 Å². The summed E-state index contributed by atoms with van der Waals surface area (Å²) >= 11 is 1.32. The minimum atomic E-state index is -3.35. The Morgan fingerprint density at radius 3 is 2.30 bits per heavy atom. The Morgan fingerprint density at radius 1 is 1.25 bits per heavy atom. The molecule has 5 nitrogen and oxygen atoms in total. The second-order valence-corrected chi connectivity index (χ2v) is 9.31. The van der Waals surface area contributed by atoms with Crippen molar-refractivity contribution >= 4 is 21.4 Å². The van der Waals surface area contributed by atoms with Crippen LogP contribution in [0.5, 0.6) is 0 Å². The standard InChI is InChI=1S/C13H22N2O3S2/c1-11-4-5-12(19-11)20(17,18)15-8-6-14(7-9-15)10-13(2,3)16/h4-5,16H,6-10H2,1-3H3. The van der Waals surface area contributed by atoms with Crippen LogP contribution < -0.4 is 0 Å². The molecule has 2 heterocycles. The Morgan fingerprint density at radius 2 is 1.85 bits per heavy atom. The zero-order valence-electron chi connectivity index (χ0n) is 12.2. The predicted octanol–water partition coefficient (Wildman–Crippen LogP) is 1.13. The highest BCUT2D eigenvalue weighted by Crippen LogP contribution is 2.25. The molecule has 2 rings (SSSR count). The van der Waals surface area contributed by atoms with Gasteiger partial charge in [-0.1, -0.05) is 0 Å². The van der Waals surface area contributed by atoms with E-state index in [1.54, 1.807) is 24.2 Å². The van der Waals surface area contributed by atoms with Crippen molar-refractivity contribution in [3.05, 3.63) is 17.0 Å². The fourth-order valence-electron chi connectivity index (χ4n) is 2.35. The molecule has 0 atom stereocenters. The smallest absolute Gasteiger partial charge is 0.252 e. The zero-order chi connectivity index (χ0) is 15.0. The lowest BCUT2D eigenvalue weighted by Gasteiger charge is -2.36. The highest BCUT2D eigenvalue weighted by atomic mass is 32.2. The van der Waals surface area contributed by atoms with Gasteiger partial charge >= 0.3 is 0 Å². The van der Waals surface area contributed by atoms with E-state index in [0.717, 1.165) is 4.88 Å². The number of hydrogen-bond acceptors (Lipinski definition) is 5. The fraction of sp³-hybridized carbons (Fsp3) is 0.692. The number of piperazine rings is 1. The summed E-state index contributed by atoms with van der Waals surface area (Å²) in [7, 11) is -3.35. The molecule has 0 aromatic carbocycles. The third kappa shape index (κ3) is 3.79. The van der Waals surface area contributed by atoms with E-state index >= 15 is 0 Å². The normalized spacial score (nSPS) is 19.4. The van der Waals surface area contributed by atoms with Crippen LogP contribution in [0.3, 0.4) is 0 Å². The first-order chi connectivity index (χ1) is 9.18. The molecule has 1 aromatic rings. The molecule has 1 aliphatic heterocycles. The lowest BCUT2D eigenvalue weighted by molar-refractivity contribution is 0.0263. The van der Waals surface area contributed by atoms with Gasteiger partial charge in [0, 0.05) is 37.6 Å². The van der Waals surface area contributed by atoms with Gasteiger partial charge in [-0.25, -0.2) is 8.42 Å². The van der Waals surface area contributed by atoms with E-state index in [2.05, 4.69) is 4.90 Å². The lowest BCUT2D eigenvalue weighted by atomic mass is 10.1. The molecule has 0 amide bonds. The van der Waals surface area contributed by atoms with Crippen molar-refractivity contribution in [3.8, 4) is 0 Å². The molecule has 1 N–H and O–H groups in total. The minimum absolute atomic E-state index is 0.422. The molecule has 1 aromatic heterocycles. The average Bonchev–Trinajstić information content (AvgIpc) is 2.75. The van der Waals surface area contributed by atoms with Gasteiger partial charge in [0.25, 0.3) is 10.0 Å². The SMILES string of the molecule is Cc1ccc(S(=O)(=O)N2CCN(CC(C)(C)O)CC2)s1. The first-order valence-corrected chi connectivity index (χ1v) is 8.95. The van der Waals surface area contributed by atoms with Crippen LogP contribution in [0, 0.1) is 6.92 Å². The highest BCUT2D eigenvalue weighted by Gasteiger charge is 2.30. The Hall–Kier alpha value is -0.470. The maximum absolute atomic E-state index is 12.5. The van der Waals surface area contributed by atoms with Crippen molar-refractivity contribution in [1.29, 1.82) is 0 Å². The minimum Gasteiger partial charge on any atom is -0.389 e. The summed E-state index contributed by atoms with van der Waals surface area (Å²) in [4.78, 5) is 3.11. The third-order valence-corrected chi connectivity index (χ3v) is 6.62. The van der Waals surface area contributed by atoms with Crippen LogP contribution in [0.15, 0.2) is 16.3 Å². The molecule has 0 unspecified atom stereocenters. The summed E-state index contributed by atoms with van der Waals surface area (Å²) < 4.78 is 26.9. The summed E-state index contributed by atoms with van der Waals surface area (Å²) in [6, 6.07) is 3.51. The van der Waals surface area contributed by atoms with Gasteiger partial charge in [0.1, 0.15) is 4.21 Å². The molecule has 114 valence electrons. The first-order valence-electron chi connectivity index (χ1n) is 6.70. The molecule has 1 aliphatic rings. The molecule has 7 heteroatoms. The van der Waals surface area contributed by atoms with Gasteiger partial charge < -0.3 is 5.11 Å². The maximum Gasteiger partial charge on any atom is 0.252 e. The van der Waals surface area contributed by atoms with Crippen LogP contribution in [0.25, 0.3) is 0 Å². The zero-order valence-corrected chi connectivity index (χ0v) is 13.8. The summed E-state index contributed by atoms with van der Waals surface area (Å²) in [6.45, 7) is 8.30. The Balaban J connectivity index is 2.00. The molecule has 20 heavy (non-hydrogen) atoms. The van der Waals surface area contributed by atoms with Gasteiger partial charge in [-0.15, -0.1) is 11.3 Å². The number of aryl methyl sites for hydroxylation is 1. The molecule has 0 saturated carbocycles. The molecule has 1 fully saturated rings. The van der Waals surface area contributed by atoms with Gasteiger partial charge in [-0.05, 0) is 32.9 Å². The fourth-order valence-corrected chi connectivity index (χ4v) is 5.21. The quantitative estimate of drug-likeness (QED) is 0.904. The second-order valence-electron chi connectivity index (χ2n) is 5.86. The molecular formula is C13H22N2O3S2. The van der Waals surface area contributed by atoms with Crippen molar-refractivity contribution in [2.24, 2.45) is 0 Å². The Kier molecular flexibility index (Phi) is 4.56. The molecule has 0 bridgehead atoms. The van der Waals surface area contributed by atoms with Gasteiger partial charge in [0.15, 0.2) is 0 Å².